The number of rotatable bonds is 1. The van der Waals surface area contributed by atoms with Gasteiger partial charge in [0.25, 0.3) is 0 Å². The second kappa shape index (κ2) is 5.47. The van der Waals surface area contributed by atoms with Crippen molar-refractivity contribution in [2.75, 3.05) is 0 Å². The van der Waals surface area contributed by atoms with Gasteiger partial charge in [0, 0.05) is 16.6 Å². The Kier molecular flexibility index (Phi) is 5.30. The van der Waals surface area contributed by atoms with Crippen molar-refractivity contribution >= 4 is 15.9 Å². The van der Waals surface area contributed by atoms with Crippen LogP contribution in [0.3, 0.4) is 0 Å². The molecule has 1 aromatic rings. The monoisotopic (exact) mass is 204 g/mol. The third-order valence-electron chi connectivity index (χ3n) is 1.08. The van der Waals surface area contributed by atoms with Gasteiger partial charge in [-0.1, -0.05) is 29.8 Å². The molecule has 0 aliphatic heterocycles. The zero-order valence-electron chi connectivity index (χ0n) is 6.61. The molecular weight excluding hydrogens is 192 g/mol. The molecule has 0 bridgehead atoms. The van der Waals surface area contributed by atoms with Crippen molar-refractivity contribution in [2.45, 2.75) is 26.1 Å². The summed E-state index contributed by atoms with van der Waals surface area (Å²) >= 11 is 3.33. The van der Waals surface area contributed by atoms with Gasteiger partial charge in [0.1, 0.15) is 0 Å². The first-order valence-electron chi connectivity index (χ1n) is 3.39. The zero-order chi connectivity index (χ0) is 7.98. The third kappa shape index (κ3) is 2.52. The van der Waals surface area contributed by atoms with Gasteiger partial charge >= 0.3 is 0 Å². The highest BCUT2D eigenvalue weighted by Gasteiger charge is 1.94. The predicted octanol–water partition coefficient (Wildman–Crippen LogP) is 2.64. The largest absolute Gasteiger partial charge is 0.283 e. The lowest BCUT2D eigenvalue weighted by atomic mass is 10.3. The number of aryl methyl sites for hydroxylation is 1. The molecule has 0 atom stereocenters. The Bertz CT molecular complexity index is 172. The molecule has 58 valence electrons. The summed E-state index contributed by atoms with van der Waals surface area (Å²) in [6.45, 7) is 6.00. The normalized spacial score (nSPS) is 8.40. The number of hydrogen-bond acceptors (Lipinski definition) is 1. The maximum Gasteiger partial charge on any atom is 0.0530 e. The molecule has 0 spiro atoms. The number of aromatic nitrogens is 2. The molecule has 0 aliphatic rings. The van der Waals surface area contributed by atoms with Gasteiger partial charge in [0.15, 0.2) is 0 Å². The van der Waals surface area contributed by atoms with Gasteiger partial charge in [-0.05, 0) is 6.92 Å². The maximum absolute atomic E-state index is 3.84. The highest BCUT2D eigenvalue weighted by atomic mass is 79.9. The van der Waals surface area contributed by atoms with Gasteiger partial charge in [-0.3, -0.25) is 5.10 Å². The number of H-pyrrole nitrogens is 1. The molecular formula is C7H13BrN2. The number of halogens is 1. The highest BCUT2D eigenvalue weighted by Crippen LogP contribution is 2.05. The van der Waals surface area contributed by atoms with Gasteiger partial charge in [-0.25, -0.2) is 0 Å². The Morgan fingerprint density at radius 1 is 1.60 bits per heavy atom. The Labute approximate surface area is 70.2 Å². The van der Waals surface area contributed by atoms with E-state index in [1.54, 1.807) is 0 Å². The molecule has 0 saturated carbocycles. The Morgan fingerprint density at radius 2 is 2.20 bits per heavy atom. The molecule has 1 aromatic heterocycles. The Balaban J connectivity index is 0.000000371. The topological polar surface area (TPSA) is 28.7 Å². The van der Waals surface area contributed by atoms with E-state index in [1.165, 1.54) is 5.56 Å². The molecule has 1 heterocycles. The van der Waals surface area contributed by atoms with E-state index in [0.29, 0.717) is 0 Å². The van der Waals surface area contributed by atoms with Gasteiger partial charge < -0.3 is 0 Å². The molecule has 0 radical (unpaired) electrons. The Morgan fingerprint density at radius 3 is 2.40 bits per heavy atom. The standard InChI is InChI=1S/C5H7BrN2.C2H6/c1-4-5(2-6)3-7-8-4;1-2/h3H,2H2,1H3,(H,7,8);1-2H3. The number of nitrogens with one attached hydrogen (secondary N) is 1. The molecule has 0 aromatic carbocycles. The van der Waals surface area contributed by atoms with Crippen molar-refractivity contribution in [3.8, 4) is 0 Å². The van der Waals surface area contributed by atoms with E-state index in [9.17, 15) is 0 Å². The quantitative estimate of drug-likeness (QED) is 0.701. The summed E-state index contributed by atoms with van der Waals surface area (Å²) in [6, 6.07) is 0. The van der Waals surface area contributed by atoms with Gasteiger partial charge in [0.05, 0.1) is 6.20 Å². The van der Waals surface area contributed by atoms with Crippen molar-refractivity contribution in [1.29, 1.82) is 0 Å². The fraction of sp³-hybridized carbons (Fsp3) is 0.571. The fourth-order valence-electron chi connectivity index (χ4n) is 0.510. The maximum atomic E-state index is 3.84. The molecule has 0 saturated heterocycles. The molecule has 2 nitrogen and oxygen atoms in total. The molecule has 10 heavy (non-hydrogen) atoms. The number of aromatic amines is 1. The van der Waals surface area contributed by atoms with E-state index < -0.39 is 0 Å². The van der Waals surface area contributed by atoms with E-state index in [2.05, 4.69) is 26.1 Å². The number of hydrogen-bond donors (Lipinski definition) is 1. The molecule has 1 rings (SSSR count). The molecule has 0 amide bonds. The van der Waals surface area contributed by atoms with Crippen LogP contribution in [0.25, 0.3) is 0 Å². The van der Waals surface area contributed by atoms with Crippen molar-refractivity contribution in [2.24, 2.45) is 0 Å². The van der Waals surface area contributed by atoms with Crippen LogP contribution in [0.15, 0.2) is 6.20 Å². The first kappa shape index (κ1) is 9.69. The average Bonchev–Trinajstić information content (AvgIpc) is 2.39. The minimum absolute atomic E-state index is 0.884. The average molecular weight is 205 g/mol. The second-order valence-corrected chi connectivity index (χ2v) is 2.21. The summed E-state index contributed by atoms with van der Waals surface area (Å²) in [5.41, 5.74) is 2.37. The summed E-state index contributed by atoms with van der Waals surface area (Å²) in [5, 5.41) is 7.56. The minimum Gasteiger partial charge on any atom is -0.283 e. The van der Waals surface area contributed by atoms with E-state index in [1.807, 2.05) is 27.0 Å². The number of nitrogens with zero attached hydrogens (tertiary/aromatic N) is 1. The molecule has 0 aliphatic carbocycles. The summed E-state index contributed by atoms with van der Waals surface area (Å²) in [6.07, 6.45) is 1.82. The van der Waals surface area contributed by atoms with E-state index in [-0.39, 0.29) is 0 Å². The van der Waals surface area contributed by atoms with E-state index in [0.717, 1.165) is 11.0 Å². The van der Waals surface area contributed by atoms with Gasteiger partial charge in [-0.2, -0.15) is 5.10 Å². The molecule has 3 heteroatoms. The first-order valence-corrected chi connectivity index (χ1v) is 4.51. The third-order valence-corrected chi connectivity index (χ3v) is 1.68. The SMILES string of the molecule is CC.Cc1[nH]ncc1CBr. The minimum atomic E-state index is 0.884. The summed E-state index contributed by atoms with van der Waals surface area (Å²) < 4.78 is 0. The van der Waals surface area contributed by atoms with Crippen molar-refractivity contribution in [1.82, 2.24) is 10.2 Å². The van der Waals surface area contributed by atoms with Crippen molar-refractivity contribution in [3.05, 3.63) is 17.5 Å². The van der Waals surface area contributed by atoms with Crippen molar-refractivity contribution in [3.63, 3.8) is 0 Å². The smallest absolute Gasteiger partial charge is 0.0530 e. The van der Waals surface area contributed by atoms with Crippen LogP contribution in [0, 0.1) is 6.92 Å². The lowest BCUT2D eigenvalue weighted by Crippen LogP contribution is -1.75. The van der Waals surface area contributed by atoms with Crippen LogP contribution < -0.4 is 0 Å². The van der Waals surface area contributed by atoms with Crippen LogP contribution in [-0.2, 0) is 5.33 Å². The summed E-state index contributed by atoms with van der Waals surface area (Å²) in [5.74, 6) is 0. The second-order valence-electron chi connectivity index (χ2n) is 1.65. The number of alkyl halides is 1. The predicted molar refractivity (Wildman–Crippen MR) is 47.3 cm³/mol. The Hall–Kier alpha value is -0.310. The summed E-state index contributed by atoms with van der Waals surface area (Å²) in [7, 11) is 0. The van der Waals surface area contributed by atoms with Crippen LogP contribution in [0.5, 0.6) is 0 Å². The van der Waals surface area contributed by atoms with Crippen molar-refractivity contribution < 1.29 is 0 Å². The van der Waals surface area contributed by atoms with Crippen LogP contribution in [-0.4, -0.2) is 10.2 Å². The first-order chi connectivity index (χ1) is 4.84. The summed E-state index contributed by atoms with van der Waals surface area (Å²) in [4.78, 5) is 0. The van der Waals surface area contributed by atoms with Crippen LogP contribution in [0.2, 0.25) is 0 Å². The molecule has 1 N–H and O–H groups in total. The zero-order valence-corrected chi connectivity index (χ0v) is 8.20. The lowest BCUT2D eigenvalue weighted by Gasteiger charge is -1.85. The van der Waals surface area contributed by atoms with Gasteiger partial charge in [-0.15, -0.1) is 0 Å². The fourth-order valence-corrected chi connectivity index (χ4v) is 1.08. The van der Waals surface area contributed by atoms with Crippen LogP contribution >= 0.6 is 15.9 Å². The molecule has 0 fully saturated rings. The highest BCUT2D eigenvalue weighted by molar-refractivity contribution is 9.08. The lowest BCUT2D eigenvalue weighted by molar-refractivity contribution is 1.04. The van der Waals surface area contributed by atoms with Crippen LogP contribution in [0.1, 0.15) is 25.1 Å². The van der Waals surface area contributed by atoms with E-state index in [4.69, 9.17) is 0 Å². The van der Waals surface area contributed by atoms with E-state index >= 15 is 0 Å². The molecule has 0 unspecified atom stereocenters. The van der Waals surface area contributed by atoms with Crippen LogP contribution in [0.4, 0.5) is 0 Å². The van der Waals surface area contributed by atoms with Gasteiger partial charge in [0.2, 0.25) is 0 Å².